The van der Waals surface area contributed by atoms with E-state index in [4.69, 9.17) is 16.3 Å². The van der Waals surface area contributed by atoms with E-state index in [9.17, 15) is 14.7 Å². The number of anilines is 1. The van der Waals surface area contributed by atoms with Crippen molar-refractivity contribution in [3.8, 4) is 22.4 Å². The number of pyridine rings is 1. The quantitative estimate of drug-likeness (QED) is 0.278. The first-order valence-electron chi connectivity index (χ1n) is 12.7. The van der Waals surface area contributed by atoms with Crippen LogP contribution in [0.5, 0.6) is 0 Å². The van der Waals surface area contributed by atoms with E-state index in [1.165, 1.54) is 11.9 Å². The Bertz CT molecular complexity index is 1530. The van der Waals surface area contributed by atoms with Gasteiger partial charge in [0.15, 0.2) is 5.13 Å². The molecule has 4 heterocycles. The lowest BCUT2D eigenvalue weighted by Gasteiger charge is -2.27. The highest BCUT2D eigenvalue weighted by Gasteiger charge is 2.31. The average molecular weight is 571 g/mol. The summed E-state index contributed by atoms with van der Waals surface area (Å²) in [7, 11) is 3.42. The number of aromatic nitrogens is 3. The zero-order chi connectivity index (χ0) is 27.7. The first-order valence-corrected chi connectivity index (χ1v) is 13.9. The van der Waals surface area contributed by atoms with Gasteiger partial charge in [-0.05, 0) is 55.0 Å². The number of aliphatic carboxylic acids is 1. The number of nitrogens with zero attached hydrogens (tertiary/aromatic N) is 4. The minimum atomic E-state index is -1.05. The third-order valence-corrected chi connectivity index (χ3v) is 8.33. The normalized spacial score (nSPS) is 15.0. The molecule has 1 aliphatic rings. The summed E-state index contributed by atoms with van der Waals surface area (Å²) in [6.45, 7) is 1.20. The Kier molecular flexibility index (Phi) is 7.97. The molecule has 0 spiro atoms. The molecule has 5 rings (SSSR count). The smallest absolute Gasteiger partial charge is 0.304 e. The van der Waals surface area contributed by atoms with Crippen LogP contribution in [0.1, 0.15) is 25.7 Å². The summed E-state index contributed by atoms with van der Waals surface area (Å²) in [6.07, 6.45) is 5.35. The van der Waals surface area contributed by atoms with Crippen molar-refractivity contribution in [2.45, 2.75) is 25.7 Å². The van der Waals surface area contributed by atoms with Crippen LogP contribution in [0.2, 0.25) is 5.02 Å². The summed E-state index contributed by atoms with van der Waals surface area (Å²) >= 11 is 7.05. The number of halogens is 2. The van der Waals surface area contributed by atoms with Gasteiger partial charge in [0.1, 0.15) is 11.3 Å². The fourth-order valence-electron chi connectivity index (χ4n) is 5.10. The van der Waals surface area contributed by atoms with Crippen molar-refractivity contribution >= 4 is 51.0 Å². The molecule has 39 heavy (non-hydrogen) atoms. The van der Waals surface area contributed by atoms with Crippen LogP contribution in [0.4, 0.5) is 9.52 Å². The molecule has 1 aromatic carbocycles. The molecule has 8 nitrogen and oxygen atoms in total. The van der Waals surface area contributed by atoms with Crippen LogP contribution in [0.15, 0.2) is 42.7 Å². The molecule has 0 saturated carbocycles. The number of rotatable bonds is 8. The predicted molar refractivity (Wildman–Crippen MR) is 150 cm³/mol. The Morgan fingerprint density at radius 1 is 1.26 bits per heavy atom. The summed E-state index contributed by atoms with van der Waals surface area (Å²) in [5, 5.41) is 10.4. The molecule has 1 saturated heterocycles. The van der Waals surface area contributed by atoms with Gasteiger partial charge in [-0.2, -0.15) is 4.39 Å². The minimum absolute atomic E-state index is 0.0690. The van der Waals surface area contributed by atoms with E-state index in [1.54, 1.807) is 24.4 Å². The highest BCUT2D eigenvalue weighted by Crippen LogP contribution is 2.39. The van der Waals surface area contributed by atoms with Gasteiger partial charge in [-0.3, -0.25) is 14.5 Å². The molecule has 1 fully saturated rings. The van der Waals surface area contributed by atoms with Crippen molar-refractivity contribution in [2.75, 3.05) is 25.2 Å². The Hall–Kier alpha value is -3.34. The number of aryl methyl sites for hydroxylation is 1. The number of carbonyl (C=O) groups excluding carboxylic acids is 1. The second-order valence-corrected chi connectivity index (χ2v) is 11.2. The van der Waals surface area contributed by atoms with E-state index in [-0.39, 0.29) is 23.2 Å². The third kappa shape index (κ3) is 5.83. The van der Waals surface area contributed by atoms with Crippen molar-refractivity contribution in [3.05, 3.63) is 52.9 Å². The van der Waals surface area contributed by atoms with Crippen molar-refractivity contribution in [1.29, 1.82) is 0 Å². The zero-order valence-corrected chi connectivity index (χ0v) is 23.1. The van der Waals surface area contributed by atoms with Gasteiger partial charge in [0.05, 0.1) is 6.42 Å². The van der Waals surface area contributed by atoms with E-state index in [0.717, 1.165) is 40.8 Å². The lowest BCUT2D eigenvalue weighted by atomic mass is 9.86. The van der Waals surface area contributed by atoms with Crippen LogP contribution < -0.4 is 4.90 Å². The summed E-state index contributed by atoms with van der Waals surface area (Å²) < 4.78 is 22.7. The number of amides is 1. The number of fused-ring (bicyclic) bond motifs is 1. The summed E-state index contributed by atoms with van der Waals surface area (Å²) in [4.78, 5) is 35.3. The van der Waals surface area contributed by atoms with Crippen molar-refractivity contribution in [3.63, 3.8) is 0 Å². The van der Waals surface area contributed by atoms with Gasteiger partial charge in [0, 0.05) is 67.2 Å². The van der Waals surface area contributed by atoms with Crippen LogP contribution in [-0.4, -0.2) is 51.8 Å². The molecule has 1 N–H and O–H groups in total. The van der Waals surface area contributed by atoms with Crippen LogP contribution in [-0.2, 0) is 21.4 Å². The molecule has 204 valence electrons. The van der Waals surface area contributed by atoms with E-state index >= 15 is 4.39 Å². The maximum atomic E-state index is 15.4. The molecule has 0 radical (unpaired) electrons. The standard InChI is InChI=1S/C28H28ClFN4O4S/c1-33-8-5-17-12-19(15-31-26(17)33)21-4-3-20(29)14-22(21)24-25(30)39-28(32-24)34(2)27(37)18(13-23(35)36)11-16-6-9-38-10-7-16/h3-5,8,12,14-16,18H,6-7,9-11,13H2,1-2H3,(H,35,36)/t18-/m1/s1. The molecule has 1 amide bonds. The van der Waals surface area contributed by atoms with Gasteiger partial charge in [0.2, 0.25) is 11.0 Å². The maximum Gasteiger partial charge on any atom is 0.304 e. The number of carbonyl (C=O) groups is 2. The summed E-state index contributed by atoms with van der Waals surface area (Å²) in [5.41, 5.74) is 2.85. The third-order valence-electron chi connectivity index (χ3n) is 7.18. The van der Waals surface area contributed by atoms with Crippen molar-refractivity contribution < 1.29 is 23.8 Å². The van der Waals surface area contributed by atoms with Crippen molar-refractivity contribution in [2.24, 2.45) is 18.9 Å². The summed E-state index contributed by atoms with van der Waals surface area (Å²) in [6, 6.07) is 9.10. The molecule has 3 aromatic heterocycles. The van der Waals surface area contributed by atoms with Gasteiger partial charge in [-0.15, -0.1) is 0 Å². The van der Waals surface area contributed by atoms with E-state index in [0.29, 0.717) is 35.8 Å². The number of benzene rings is 1. The largest absolute Gasteiger partial charge is 0.481 e. The fourth-order valence-corrected chi connectivity index (χ4v) is 6.05. The van der Waals surface area contributed by atoms with Crippen LogP contribution in [0.25, 0.3) is 33.4 Å². The van der Waals surface area contributed by atoms with Crippen LogP contribution >= 0.6 is 22.9 Å². The number of thiazole rings is 1. The average Bonchev–Trinajstić information content (AvgIpc) is 3.49. The summed E-state index contributed by atoms with van der Waals surface area (Å²) in [5.74, 6) is -1.98. The SMILES string of the molecule is CN(C(=O)[C@@H](CC(=O)O)CC1CCOCC1)c1nc(-c2cc(Cl)ccc2-c2cnc3c(ccn3C)c2)c(F)s1. The molecular formula is C28H28ClFN4O4S. The lowest BCUT2D eigenvalue weighted by Crippen LogP contribution is -2.35. The second-order valence-electron chi connectivity index (χ2n) is 9.86. The molecule has 0 bridgehead atoms. The highest BCUT2D eigenvalue weighted by molar-refractivity contribution is 7.14. The minimum Gasteiger partial charge on any atom is -0.481 e. The van der Waals surface area contributed by atoms with Gasteiger partial charge >= 0.3 is 5.97 Å². The van der Waals surface area contributed by atoms with E-state index in [1.807, 2.05) is 29.9 Å². The number of hydrogen-bond acceptors (Lipinski definition) is 6. The molecule has 1 aliphatic heterocycles. The van der Waals surface area contributed by atoms with E-state index < -0.39 is 22.9 Å². The van der Waals surface area contributed by atoms with Crippen LogP contribution in [0, 0.1) is 17.0 Å². The van der Waals surface area contributed by atoms with Gasteiger partial charge in [0.25, 0.3) is 0 Å². The first-order chi connectivity index (χ1) is 18.7. The molecule has 1 atom stereocenters. The van der Waals surface area contributed by atoms with Gasteiger partial charge in [-0.25, -0.2) is 9.97 Å². The fraction of sp³-hybridized carbons (Fsp3) is 0.357. The molecule has 4 aromatic rings. The molecular weight excluding hydrogens is 543 g/mol. The zero-order valence-electron chi connectivity index (χ0n) is 21.6. The monoisotopic (exact) mass is 570 g/mol. The Labute approximate surface area is 234 Å². The Balaban J connectivity index is 1.46. The topological polar surface area (TPSA) is 97.6 Å². The van der Waals surface area contributed by atoms with E-state index in [2.05, 4.69) is 9.97 Å². The second kappa shape index (κ2) is 11.4. The number of carboxylic acid groups (broad SMARTS) is 1. The Morgan fingerprint density at radius 3 is 2.77 bits per heavy atom. The van der Waals surface area contributed by atoms with Gasteiger partial charge in [-0.1, -0.05) is 29.0 Å². The number of hydrogen-bond donors (Lipinski definition) is 1. The first kappa shape index (κ1) is 27.2. The Morgan fingerprint density at radius 2 is 2.03 bits per heavy atom. The molecule has 0 aliphatic carbocycles. The van der Waals surface area contributed by atoms with Gasteiger partial charge < -0.3 is 14.4 Å². The predicted octanol–water partition coefficient (Wildman–Crippen LogP) is 6.03. The number of carboxylic acids is 1. The highest BCUT2D eigenvalue weighted by atomic mass is 35.5. The lowest BCUT2D eigenvalue weighted by molar-refractivity contribution is -0.141. The molecule has 11 heteroatoms. The van der Waals surface area contributed by atoms with Crippen LogP contribution in [0.3, 0.4) is 0 Å². The number of ether oxygens (including phenoxy) is 1. The molecule has 0 unspecified atom stereocenters. The van der Waals surface area contributed by atoms with Crippen molar-refractivity contribution in [1.82, 2.24) is 14.5 Å². The maximum absolute atomic E-state index is 15.4.